The Hall–Kier alpha value is -0.900. The van der Waals surface area contributed by atoms with E-state index in [1.54, 1.807) is 0 Å². The molecule has 0 rings (SSSR count). The van der Waals surface area contributed by atoms with Crippen molar-refractivity contribution in [1.82, 2.24) is 0 Å². The van der Waals surface area contributed by atoms with Gasteiger partial charge in [0, 0.05) is 12.8 Å². The summed E-state index contributed by atoms with van der Waals surface area (Å²) in [4.78, 5) is 0. The van der Waals surface area contributed by atoms with Crippen LogP contribution in [0.2, 0.25) is 0 Å². The smallest absolute Gasteiger partial charge is 0.106 e. The maximum absolute atomic E-state index is 5.38. The van der Waals surface area contributed by atoms with Gasteiger partial charge in [-0.15, -0.1) is 5.92 Å². The van der Waals surface area contributed by atoms with E-state index in [1.807, 2.05) is 13.8 Å². The van der Waals surface area contributed by atoms with Crippen molar-refractivity contribution in [2.45, 2.75) is 59.0 Å². The number of rotatable bonds is 6. The molecule has 1 nitrogen and oxygen atoms in total. The molecule has 0 saturated heterocycles. The van der Waals surface area contributed by atoms with Crippen LogP contribution in [0.15, 0.2) is 12.3 Å². The van der Waals surface area contributed by atoms with Crippen molar-refractivity contribution in [2.75, 3.05) is 0 Å². The van der Waals surface area contributed by atoms with E-state index in [2.05, 4.69) is 25.3 Å². The maximum Gasteiger partial charge on any atom is 0.106 e. The van der Waals surface area contributed by atoms with Gasteiger partial charge in [0.2, 0.25) is 0 Å². The van der Waals surface area contributed by atoms with Gasteiger partial charge in [0.25, 0.3) is 0 Å². The molecule has 0 fully saturated rings. The van der Waals surface area contributed by atoms with E-state index in [9.17, 15) is 0 Å². The molecule has 14 heavy (non-hydrogen) atoms. The van der Waals surface area contributed by atoms with Crippen LogP contribution in [0.5, 0.6) is 0 Å². The van der Waals surface area contributed by atoms with Gasteiger partial charge in [-0.25, -0.2) is 0 Å². The molecule has 0 spiro atoms. The Morgan fingerprint density at radius 1 is 1.36 bits per heavy atom. The molecule has 0 aromatic rings. The fraction of sp³-hybridized carbons (Fsp3) is 0.692. The Bertz CT molecular complexity index is 207. The van der Waals surface area contributed by atoms with E-state index in [0.29, 0.717) is 0 Å². The maximum atomic E-state index is 5.38. The van der Waals surface area contributed by atoms with Crippen molar-refractivity contribution < 1.29 is 4.74 Å². The number of hydrogen-bond acceptors (Lipinski definition) is 1. The van der Waals surface area contributed by atoms with Crippen LogP contribution < -0.4 is 0 Å². The second-order valence-electron chi connectivity index (χ2n) is 3.65. The fourth-order valence-electron chi connectivity index (χ4n) is 1.15. The van der Waals surface area contributed by atoms with Crippen LogP contribution >= 0.6 is 0 Å². The van der Waals surface area contributed by atoms with Gasteiger partial charge >= 0.3 is 0 Å². The van der Waals surface area contributed by atoms with Crippen LogP contribution in [0, 0.1) is 11.8 Å². The van der Waals surface area contributed by atoms with E-state index >= 15 is 0 Å². The molecule has 0 aliphatic heterocycles. The summed E-state index contributed by atoms with van der Waals surface area (Å²) in [6, 6.07) is 0. The Morgan fingerprint density at radius 2 is 2.07 bits per heavy atom. The highest BCUT2D eigenvalue weighted by Gasteiger charge is 1.98. The zero-order valence-corrected chi connectivity index (χ0v) is 9.73. The van der Waals surface area contributed by atoms with Gasteiger partial charge < -0.3 is 4.74 Å². The first-order chi connectivity index (χ1) is 6.66. The molecule has 0 amide bonds. The summed E-state index contributed by atoms with van der Waals surface area (Å²) < 4.78 is 5.38. The zero-order chi connectivity index (χ0) is 10.8. The van der Waals surface area contributed by atoms with E-state index in [0.717, 1.165) is 18.6 Å². The van der Waals surface area contributed by atoms with E-state index in [1.165, 1.54) is 19.3 Å². The molecule has 0 aliphatic rings. The lowest BCUT2D eigenvalue weighted by molar-refractivity contribution is 0.139. The molecule has 0 aromatic carbocycles. The second-order valence-corrected chi connectivity index (χ2v) is 3.65. The number of unbranched alkanes of at least 4 members (excludes halogenated alkanes) is 3. The first kappa shape index (κ1) is 13.1. The Kier molecular flexibility index (Phi) is 8.13. The highest BCUT2D eigenvalue weighted by Crippen LogP contribution is 2.02. The summed E-state index contributed by atoms with van der Waals surface area (Å²) in [5.41, 5.74) is 0. The zero-order valence-electron chi connectivity index (χ0n) is 9.73. The van der Waals surface area contributed by atoms with Gasteiger partial charge in [0.05, 0.1) is 5.76 Å². The minimum atomic E-state index is 0.172. The molecular formula is C13H22O. The Balaban J connectivity index is 3.44. The third-order valence-corrected chi connectivity index (χ3v) is 1.82. The van der Waals surface area contributed by atoms with E-state index < -0.39 is 0 Å². The van der Waals surface area contributed by atoms with Gasteiger partial charge in [-0.2, -0.15) is 0 Å². The standard InChI is InChI=1S/C13H22O/c1-5-6-7-8-9-10-11-13(4)14-12(2)3/h13H,2,5-8,11H2,1,3-4H3. The van der Waals surface area contributed by atoms with Gasteiger partial charge in [-0.05, 0) is 20.3 Å². The summed E-state index contributed by atoms with van der Waals surface area (Å²) in [5, 5.41) is 0. The number of ether oxygens (including phenoxy) is 1. The molecule has 0 heterocycles. The first-order valence-corrected chi connectivity index (χ1v) is 5.44. The molecular weight excluding hydrogens is 172 g/mol. The van der Waals surface area contributed by atoms with Crippen molar-refractivity contribution in [3.63, 3.8) is 0 Å². The average molecular weight is 194 g/mol. The van der Waals surface area contributed by atoms with Gasteiger partial charge in [-0.1, -0.05) is 32.3 Å². The second kappa shape index (κ2) is 8.69. The van der Waals surface area contributed by atoms with Crippen molar-refractivity contribution in [1.29, 1.82) is 0 Å². The van der Waals surface area contributed by atoms with E-state index in [-0.39, 0.29) is 6.10 Å². The number of hydrogen-bond donors (Lipinski definition) is 0. The van der Waals surface area contributed by atoms with Crippen molar-refractivity contribution in [3.05, 3.63) is 12.3 Å². The molecule has 1 unspecified atom stereocenters. The molecule has 0 radical (unpaired) electrons. The molecule has 0 saturated carbocycles. The van der Waals surface area contributed by atoms with Crippen LogP contribution in [0.1, 0.15) is 52.9 Å². The summed E-state index contributed by atoms with van der Waals surface area (Å²) in [5.74, 6) is 7.07. The normalized spacial score (nSPS) is 11.4. The molecule has 1 heteroatoms. The van der Waals surface area contributed by atoms with Crippen LogP contribution in [0.3, 0.4) is 0 Å². The number of allylic oxidation sites excluding steroid dienone is 1. The molecule has 0 bridgehead atoms. The van der Waals surface area contributed by atoms with Crippen molar-refractivity contribution in [2.24, 2.45) is 0 Å². The third kappa shape index (κ3) is 9.19. The van der Waals surface area contributed by atoms with Crippen molar-refractivity contribution in [3.8, 4) is 11.8 Å². The summed E-state index contributed by atoms with van der Waals surface area (Å²) in [7, 11) is 0. The van der Waals surface area contributed by atoms with Gasteiger partial charge in [0.1, 0.15) is 6.10 Å². The molecule has 0 aromatic heterocycles. The highest BCUT2D eigenvalue weighted by molar-refractivity contribution is 5.00. The lowest BCUT2D eigenvalue weighted by Gasteiger charge is -2.10. The average Bonchev–Trinajstić information content (AvgIpc) is 2.10. The van der Waals surface area contributed by atoms with Gasteiger partial charge in [-0.3, -0.25) is 0 Å². The van der Waals surface area contributed by atoms with Crippen LogP contribution in [0.4, 0.5) is 0 Å². The minimum absolute atomic E-state index is 0.172. The summed E-state index contributed by atoms with van der Waals surface area (Å²) >= 11 is 0. The first-order valence-electron chi connectivity index (χ1n) is 5.44. The Labute approximate surface area is 88.5 Å². The molecule has 1 atom stereocenters. The Morgan fingerprint density at radius 3 is 2.64 bits per heavy atom. The fourth-order valence-corrected chi connectivity index (χ4v) is 1.15. The van der Waals surface area contributed by atoms with Gasteiger partial charge in [0.15, 0.2) is 0 Å². The van der Waals surface area contributed by atoms with Crippen molar-refractivity contribution >= 4 is 0 Å². The molecule has 0 aliphatic carbocycles. The predicted octanol–water partition coefficient (Wildman–Crippen LogP) is 3.90. The minimum Gasteiger partial charge on any atom is -0.495 e. The summed E-state index contributed by atoms with van der Waals surface area (Å²) in [6.07, 6.45) is 5.76. The topological polar surface area (TPSA) is 9.23 Å². The lowest BCUT2D eigenvalue weighted by Crippen LogP contribution is -2.04. The van der Waals surface area contributed by atoms with Crippen LogP contribution in [-0.4, -0.2) is 6.10 Å². The highest BCUT2D eigenvalue weighted by atomic mass is 16.5. The quantitative estimate of drug-likeness (QED) is 0.354. The van der Waals surface area contributed by atoms with Crippen LogP contribution in [-0.2, 0) is 4.74 Å². The SMILES string of the molecule is C=C(C)OC(C)CC#CCCCCC. The largest absolute Gasteiger partial charge is 0.495 e. The summed E-state index contributed by atoms with van der Waals surface area (Å²) in [6.45, 7) is 9.79. The monoisotopic (exact) mass is 194 g/mol. The third-order valence-electron chi connectivity index (χ3n) is 1.82. The molecule has 0 N–H and O–H groups in total. The lowest BCUT2D eigenvalue weighted by atomic mass is 10.2. The molecule has 80 valence electrons. The van der Waals surface area contributed by atoms with E-state index in [4.69, 9.17) is 4.74 Å². The van der Waals surface area contributed by atoms with Crippen LogP contribution in [0.25, 0.3) is 0 Å². The predicted molar refractivity (Wildman–Crippen MR) is 61.9 cm³/mol.